The van der Waals surface area contributed by atoms with Gasteiger partial charge in [0.2, 0.25) is 5.28 Å². The van der Waals surface area contributed by atoms with Gasteiger partial charge in [-0.3, -0.25) is 0 Å². The number of halogens is 4. The summed E-state index contributed by atoms with van der Waals surface area (Å²) in [6, 6.07) is 0.805. The van der Waals surface area contributed by atoms with Crippen LogP contribution < -0.4 is 5.32 Å². The van der Waals surface area contributed by atoms with E-state index < -0.39 is 17.2 Å². The van der Waals surface area contributed by atoms with Crippen LogP contribution in [0, 0.1) is 5.41 Å². The van der Waals surface area contributed by atoms with Crippen molar-refractivity contribution in [3.63, 3.8) is 0 Å². The van der Waals surface area contributed by atoms with Gasteiger partial charge in [0, 0.05) is 18.0 Å². The molecule has 1 aromatic heterocycles. The number of aromatic nitrogens is 2. The number of hydrogen-bond donors (Lipinski definition) is 2. The fraction of sp³-hybridized carbons (Fsp3) is 0.600. The standard InChI is InChI=1S/C10H11ClF3N3O/c11-8-16-6(10(12,13)14)3-7(17-8)15-4-9(5-18)1-2-9/h3,18H,1-2,4-5H2,(H,15,16,17). The second kappa shape index (κ2) is 4.55. The molecule has 4 nitrogen and oxygen atoms in total. The summed E-state index contributed by atoms with van der Waals surface area (Å²) in [5.41, 5.74) is -1.31. The second-order valence-corrected chi connectivity index (χ2v) is 4.75. The molecule has 2 N–H and O–H groups in total. The van der Waals surface area contributed by atoms with Gasteiger partial charge in [-0.25, -0.2) is 9.97 Å². The van der Waals surface area contributed by atoms with Crippen LogP contribution in [0.2, 0.25) is 5.28 Å². The van der Waals surface area contributed by atoms with E-state index in [9.17, 15) is 13.2 Å². The van der Waals surface area contributed by atoms with Crippen molar-refractivity contribution < 1.29 is 18.3 Å². The van der Waals surface area contributed by atoms with Gasteiger partial charge in [0.25, 0.3) is 0 Å². The summed E-state index contributed by atoms with van der Waals surface area (Å²) in [4.78, 5) is 6.80. The van der Waals surface area contributed by atoms with E-state index in [0.29, 0.717) is 6.54 Å². The Morgan fingerprint density at radius 3 is 2.56 bits per heavy atom. The topological polar surface area (TPSA) is 58.0 Å². The Morgan fingerprint density at radius 2 is 2.06 bits per heavy atom. The summed E-state index contributed by atoms with van der Waals surface area (Å²) in [7, 11) is 0. The van der Waals surface area contributed by atoms with Crippen molar-refractivity contribution in [3.05, 3.63) is 17.0 Å². The first-order chi connectivity index (χ1) is 8.35. The van der Waals surface area contributed by atoms with Crippen LogP contribution in [-0.4, -0.2) is 28.2 Å². The van der Waals surface area contributed by atoms with Crippen molar-refractivity contribution in [1.82, 2.24) is 9.97 Å². The quantitative estimate of drug-likeness (QED) is 0.832. The van der Waals surface area contributed by atoms with Crippen molar-refractivity contribution in [3.8, 4) is 0 Å². The van der Waals surface area contributed by atoms with Crippen molar-refractivity contribution in [2.45, 2.75) is 19.0 Å². The summed E-state index contributed by atoms with van der Waals surface area (Å²) >= 11 is 5.44. The Morgan fingerprint density at radius 1 is 1.39 bits per heavy atom. The highest BCUT2D eigenvalue weighted by Gasteiger charge is 2.42. The molecule has 0 saturated heterocycles. The first-order valence-electron chi connectivity index (χ1n) is 5.31. The largest absolute Gasteiger partial charge is 0.433 e. The molecule has 0 spiro atoms. The summed E-state index contributed by atoms with van der Waals surface area (Å²) in [6.45, 7) is 0.374. The zero-order valence-corrected chi connectivity index (χ0v) is 10.0. The second-order valence-electron chi connectivity index (χ2n) is 4.42. The molecule has 2 rings (SSSR count). The van der Waals surface area contributed by atoms with Crippen LogP contribution in [0.5, 0.6) is 0 Å². The lowest BCUT2D eigenvalue weighted by Gasteiger charge is -2.14. The molecule has 0 radical (unpaired) electrons. The molecule has 18 heavy (non-hydrogen) atoms. The van der Waals surface area contributed by atoms with E-state index >= 15 is 0 Å². The van der Waals surface area contributed by atoms with E-state index in [1.165, 1.54) is 0 Å². The number of rotatable bonds is 4. The van der Waals surface area contributed by atoms with E-state index in [1.54, 1.807) is 0 Å². The third-order valence-corrected chi connectivity index (χ3v) is 3.10. The average Bonchev–Trinajstić information content (AvgIpc) is 3.05. The highest BCUT2D eigenvalue weighted by Crippen LogP contribution is 2.44. The molecule has 1 fully saturated rings. The first-order valence-corrected chi connectivity index (χ1v) is 5.69. The molecule has 1 aliphatic carbocycles. The third kappa shape index (κ3) is 3.02. The van der Waals surface area contributed by atoms with Crippen LogP contribution >= 0.6 is 11.6 Å². The number of aliphatic hydroxyl groups is 1. The number of anilines is 1. The Labute approximate surface area is 106 Å². The van der Waals surface area contributed by atoms with Crippen molar-refractivity contribution in [2.24, 2.45) is 5.41 Å². The number of alkyl halides is 3. The summed E-state index contributed by atoms with van der Waals surface area (Å²) in [6.07, 6.45) is -2.86. The highest BCUT2D eigenvalue weighted by atomic mass is 35.5. The monoisotopic (exact) mass is 281 g/mol. The molecular weight excluding hydrogens is 271 g/mol. The van der Waals surface area contributed by atoms with Gasteiger partial charge in [-0.05, 0) is 24.4 Å². The van der Waals surface area contributed by atoms with E-state index in [0.717, 1.165) is 18.9 Å². The maximum atomic E-state index is 12.5. The zero-order valence-electron chi connectivity index (χ0n) is 9.26. The Hall–Kier alpha value is -1.08. The third-order valence-electron chi connectivity index (χ3n) is 2.93. The van der Waals surface area contributed by atoms with E-state index in [2.05, 4.69) is 15.3 Å². The van der Waals surface area contributed by atoms with Gasteiger partial charge in [0.05, 0.1) is 6.61 Å². The lowest BCUT2D eigenvalue weighted by atomic mass is 10.1. The van der Waals surface area contributed by atoms with Crippen LogP contribution in [0.25, 0.3) is 0 Å². The number of aliphatic hydroxyl groups excluding tert-OH is 1. The van der Waals surface area contributed by atoms with Crippen LogP contribution in [0.4, 0.5) is 19.0 Å². The minimum Gasteiger partial charge on any atom is -0.396 e. The Balaban J connectivity index is 2.11. The SMILES string of the molecule is OCC1(CNc2cc(C(F)(F)F)nc(Cl)n2)CC1. The highest BCUT2D eigenvalue weighted by molar-refractivity contribution is 6.28. The predicted molar refractivity (Wildman–Crippen MR) is 59.3 cm³/mol. The lowest BCUT2D eigenvalue weighted by molar-refractivity contribution is -0.141. The first kappa shape index (κ1) is 13.4. The normalized spacial score (nSPS) is 17.6. The van der Waals surface area contributed by atoms with Crippen molar-refractivity contribution in [2.75, 3.05) is 18.5 Å². The van der Waals surface area contributed by atoms with E-state index in [4.69, 9.17) is 16.7 Å². The van der Waals surface area contributed by atoms with E-state index in [-0.39, 0.29) is 17.8 Å². The lowest BCUT2D eigenvalue weighted by Crippen LogP contribution is -2.20. The minimum absolute atomic E-state index is 0.00490. The zero-order chi connectivity index (χ0) is 13.4. The molecule has 100 valence electrons. The Bertz CT molecular complexity index is 448. The molecule has 1 aromatic rings. The average molecular weight is 282 g/mol. The van der Waals surface area contributed by atoms with Gasteiger partial charge >= 0.3 is 6.18 Å². The molecular formula is C10H11ClF3N3O. The number of hydrogen-bond acceptors (Lipinski definition) is 4. The summed E-state index contributed by atoms with van der Waals surface area (Å²) < 4.78 is 37.5. The molecule has 0 aromatic carbocycles. The molecule has 0 amide bonds. The smallest absolute Gasteiger partial charge is 0.396 e. The number of nitrogens with one attached hydrogen (secondary N) is 1. The van der Waals surface area contributed by atoms with Crippen molar-refractivity contribution >= 4 is 17.4 Å². The van der Waals surface area contributed by atoms with Gasteiger partial charge in [-0.2, -0.15) is 13.2 Å². The van der Waals surface area contributed by atoms with Crippen LogP contribution in [0.3, 0.4) is 0 Å². The minimum atomic E-state index is -4.56. The predicted octanol–water partition coefficient (Wildman–Crippen LogP) is 2.33. The molecule has 1 heterocycles. The molecule has 1 aliphatic rings. The summed E-state index contributed by atoms with van der Waals surface area (Å²) in [5, 5.41) is 11.4. The maximum Gasteiger partial charge on any atom is 0.433 e. The molecule has 0 aliphatic heterocycles. The Kier molecular flexibility index (Phi) is 3.37. The molecule has 0 bridgehead atoms. The van der Waals surface area contributed by atoms with Crippen LogP contribution in [0.1, 0.15) is 18.5 Å². The van der Waals surface area contributed by atoms with Gasteiger partial charge in [0.15, 0.2) is 5.69 Å². The van der Waals surface area contributed by atoms with Crippen molar-refractivity contribution in [1.29, 1.82) is 0 Å². The fourth-order valence-corrected chi connectivity index (χ4v) is 1.68. The van der Waals surface area contributed by atoms with Gasteiger partial charge < -0.3 is 10.4 Å². The van der Waals surface area contributed by atoms with Crippen LogP contribution in [-0.2, 0) is 6.18 Å². The molecule has 0 atom stereocenters. The van der Waals surface area contributed by atoms with Crippen LogP contribution in [0.15, 0.2) is 6.07 Å². The fourth-order valence-electron chi connectivity index (χ4n) is 1.50. The number of nitrogens with zero attached hydrogens (tertiary/aromatic N) is 2. The van der Waals surface area contributed by atoms with Gasteiger partial charge in [0.1, 0.15) is 5.82 Å². The molecule has 8 heteroatoms. The van der Waals surface area contributed by atoms with Gasteiger partial charge in [-0.15, -0.1) is 0 Å². The summed E-state index contributed by atoms with van der Waals surface area (Å²) in [5.74, 6) is 0.0158. The molecule has 0 unspecified atom stereocenters. The molecule has 1 saturated carbocycles. The van der Waals surface area contributed by atoms with Gasteiger partial charge in [-0.1, -0.05) is 0 Å². The maximum absolute atomic E-state index is 12.5. The van der Waals surface area contributed by atoms with E-state index in [1.807, 2.05) is 0 Å².